The van der Waals surface area contributed by atoms with Gasteiger partial charge in [0.25, 0.3) is 0 Å². The molecule has 0 spiro atoms. The van der Waals surface area contributed by atoms with Crippen molar-refractivity contribution < 1.29 is 5.11 Å². The monoisotopic (exact) mass is 214 g/mol. The van der Waals surface area contributed by atoms with Crippen LogP contribution in [0.2, 0.25) is 0 Å². The molecule has 1 saturated carbocycles. The van der Waals surface area contributed by atoms with Gasteiger partial charge in [-0.1, -0.05) is 24.3 Å². The van der Waals surface area contributed by atoms with Crippen LogP contribution in [-0.4, -0.2) is 5.11 Å². The molecule has 1 atom stereocenters. The zero-order chi connectivity index (χ0) is 11.4. The lowest BCUT2D eigenvalue weighted by atomic mass is 9.96. The smallest absolute Gasteiger partial charge is 0.0801 e. The van der Waals surface area contributed by atoms with Gasteiger partial charge in [-0.15, -0.1) is 11.8 Å². The number of aliphatic hydroxyl groups is 1. The lowest BCUT2D eigenvalue weighted by molar-refractivity contribution is 0.168. The average molecular weight is 214 g/mol. The van der Waals surface area contributed by atoms with Gasteiger partial charge in [-0.2, -0.15) is 0 Å². The molecule has 0 aliphatic heterocycles. The maximum Gasteiger partial charge on any atom is 0.0801 e. The van der Waals surface area contributed by atoms with Crippen molar-refractivity contribution in [3.63, 3.8) is 0 Å². The highest BCUT2D eigenvalue weighted by molar-refractivity contribution is 5.34. The van der Waals surface area contributed by atoms with Gasteiger partial charge in [-0.25, -0.2) is 0 Å². The van der Waals surface area contributed by atoms with E-state index in [0.29, 0.717) is 5.92 Å². The largest absolute Gasteiger partial charge is 0.388 e. The van der Waals surface area contributed by atoms with Crippen LogP contribution >= 0.6 is 0 Å². The summed E-state index contributed by atoms with van der Waals surface area (Å²) in [6, 6.07) is 8.28. The molecule has 1 aliphatic carbocycles. The molecule has 1 aromatic rings. The van der Waals surface area contributed by atoms with Crippen LogP contribution in [0.3, 0.4) is 0 Å². The molecule has 1 N–H and O–H groups in total. The van der Waals surface area contributed by atoms with Gasteiger partial charge in [0.2, 0.25) is 0 Å². The summed E-state index contributed by atoms with van der Waals surface area (Å²) in [5.74, 6) is 6.56. The molecule has 0 saturated heterocycles. The summed E-state index contributed by atoms with van der Waals surface area (Å²) in [6.07, 6.45) is 3.72. The first-order chi connectivity index (χ1) is 7.83. The van der Waals surface area contributed by atoms with Crippen molar-refractivity contribution in [1.82, 2.24) is 0 Å². The minimum absolute atomic E-state index is 0.349. The summed E-state index contributed by atoms with van der Waals surface area (Å²) < 4.78 is 0. The fourth-order valence-electron chi connectivity index (χ4n) is 2.07. The Morgan fingerprint density at radius 2 is 2.12 bits per heavy atom. The summed E-state index contributed by atoms with van der Waals surface area (Å²) in [7, 11) is 0. The summed E-state index contributed by atoms with van der Waals surface area (Å²) >= 11 is 0. The van der Waals surface area contributed by atoms with Crippen molar-refractivity contribution in [2.24, 2.45) is 0 Å². The van der Waals surface area contributed by atoms with E-state index in [2.05, 4.69) is 30.0 Å². The van der Waals surface area contributed by atoms with E-state index >= 15 is 0 Å². The van der Waals surface area contributed by atoms with Gasteiger partial charge in [-0.3, -0.25) is 0 Å². The Labute approximate surface area is 97.5 Å². The van der Waals surface area contributed by atoms with E-state index in [9.17, 15) is 5.11 Å². The minimum Gasteiger partial charge on any atom is -0.388 e. The maximum absolute atomic E-state index is 10.1. The van der Waals surface area contributed by atoms with Gasteiger partial charge < -0.3 is 5.11 Å². The highest BCUT2D eigenvalue weighted by Crippen LogP contribution is 2.43. The van der Waals surface area contributed by atoms with E-state index in [4.69, 9.17) is 0 Å². The van der Waals surface area contributed by atoms with Gasteiger partial charge in [0.1, 0.15) is 0 Å². The summed E-state index contributed by atoms with van der Waals surface area (Å²) in [5, 5.41) is 10.1. The van der Waals surface area contributed by atoms with Crippen LogP contribution in [0.5, 0.6) is 0 Å². The van der Waals surface area contributed by atoms with Crippen LogP contribution in [0.4, 0.5) is 0 Å². The lowest BCUT2D eigenvalue weighted by Gasteiger charge is -2.14. The molecule has 1 nitrogen and oxygen atoms in total. The second-order valence-electron chi connectivity index (χ2n) is 4.38. The Balaban J connectivity index is 2.08. The van der Waals surface area contributed by atoms with Crippen LogP contribution in [-0.2, 0) is 0 Å². The molecule has 1 heteroatoms. The second-order valence-corrected chi connectivity index (χ2v) is 4.38. The van der Waals surface area contributed by atoms with E-state index in [1.165, 1.54) is 18.4 Å². The third-order valence-electron chi connectivity index (χ3n) is 3.09. The van der Waals surface area contributed by atoms with Gasteiger partial charge >= 0.3 is 0 Å². The third kappa shape index (κ3) is 2.65. The first kappa shape index (κ1) is 11.2. The van der Waals surface area contributed by atoms with Crippen LogP contribution < -0.4 is 0 Å². The summed E-state index contributed by atoms with van der Waals surface area (Å²) in [6.45, 7) is 1.84. The van der Waals surface area contributed by atoms with Gasteiger partial charge in [0.05, 0.1) is 6.10 Å². The highest BCUT2D eigenvalue weighted by Gasteiger charge is 2.27. The third-order valence-corrected chi connectivity index (χ3v) is 3.09. The van der Waals surface area contributed by atoms with E-state index < -0.39 is 0 Å². The quantitative estimate of drug-likeness (QED) is 0.762. The van der Waals surface area contributed by atoms with Crippen molar-refractivity contribution in [3.8, 4) is 11.8 Å². The fourth-order valence-corrected chi connectivity index (χ4v) is 2.07. The lowest BCUT2D eigenvalue weighted by Crippen LogP contribution is -2.01. The molecule has 0 aromatic heterocycles. The first-order valence-electron chi connectivity index (χ1n) is 5.99. The van der Waals surface area contributed by atoms with Crippen LogP contribution in [0.15, 0.2) is 24.3 Å². The van der Waals surface area contributed by atoms with E-state index in [1.807, 2.05) is 13.0 Å². The molecule has 1 aliphatic rings. The van der Waals surface area contributed by atoms with Gasteiger partial charge in [0, 0.05) is 6.42 Å². The topological polar surface area (TPSA) is 20.2 Å². The minimum atomic E-state index is -0.349. The Hall–Kier alpha value is -1.26. The van der Waals surface area contributed by atoms with E-state index in [-0.39, 0.29) is 6.10 Å². The van der Waals surface area contributed by atoms with Crippen LogP contribution in [0, 0.1) is 11.8 Å². The Morgan fingerprint density at radius 3 is 2.81 bits per heavy atom. The standard InChI is InChI=1S/C15H18O/c1-2-3-4-9-15(16)14-8-6-5-7-13(14)12-10-11-12/h5-8,12,15-16H,4,9-11H2,1H3. The molecule has 84 valence electrons. The number of hydrogen-bond acceptors (Lipinski definition) is 1. The molecule has 0 amide bonds. The van der Waals surface area contributed by atoms with Crippen molar-refractivity contribution in [3.05, 3.63) is 35.4 Å². The fraction of sp³-hybridized carbons (Fsp3) is 0.467. The summed E-state index contributed by atoms with van der Waals surface area (Å²) in [5.41, 5.74) is 2.46. The molecular formula is C15H18O. The molecule has 0 radical (unpaired) electrons. The molecule has 0 heterocycles. The Bertz CT molecular complexity index is 407. The normalized spacial score (nSPS) is 16.4. The van der Waals surface area contributed by atoms with E-state index in [0.717, 1.165) is 18.4 Å². The Morgan fingerprint density at radius 1 is 1.38 bits per heavy atom. The zero-order valence-corrected chi connectivity index (χ0v) is 9.74. The predicted molar refractivity (Wildman–Crippen MR) is 66.1 cm³/mol. The predicted octanol–water partition coefficient (Wildman–Crippen LogP) is 3.40. The highest BCUT2D eigenvalue weighted by atomic mass is 16.3. The van der Waals surface area contributed by atoms with Crippen molar-refractivity contribution in [1.29, 1.82) is 0 Å². The second kappa shape index (κ2) is 5.18. The number of hydrogen-bond donors (Lipinski definition) is 1. The Kier molecular flexibility index (Phi) is 3.64. The van der Waals surface area contributed by atoms with Gasteiger partial charge in [0.15, 0.2) is 0 Å². The van der Waals surface area contributed by atoms with Crippen molar-refractivity contribution in [2.45, 2.75) is 44.6 Å². The first-order valence-corrected chi connectivity index (χ1v) is 5.99. The maximum atomic E-state index is 10.1. The molecular weight excluding hydrogens is 196 g/mol. The molecule has 16 heavy (non-hydrogen) atoms. The SMILES string of the molecule is CC#CCCC(O)c1ccccc1C1CC1. The van der Waals surface area contributed by atoms with Crippen LogP contribution in [0.1, 0.15) is 55.8 Å². The van der Waals surface area contributed by atoms with Crippen molar-refractivity contribution >= 4 is 0 Å². The summed E-state index contributed by atoms with van der Waals surface area (Å²) in [4.78, 5) is 0. The number of aliphatic hydroxyl groups excluding tert-OH is 1. The van der Waals surface area contributed by atoms with Gasteiger partial charge in [-0.05, 0) is 43.2 Å². The molecule has 1 unspecified atom stereocenters. The average Bonchev–Trinajstić information content (AvgIpc) is 3.13. The zero-order valence-electron chi connectivity index (χ0n) is 9.74. The molecule has 0 bridgehead atoms. The molecule has 1 aromatic carbocycles. The van der Waals surface area contributed by atoms with Crippen molar-refractivity contribution in [2.75, 3.05) is 0 Å². The number of benzene rings is 1. The van der Waals surface area contributed by atoms with E-state index in [1.54, 1.807) is 0 Å². The molecule has 1 fully saturated rings. The van der Waals surface area contributed by atoms with Crippen LogP contribution in [0.25, 0.3) is 0 Å². The molecule has 2 rings (SSSR count). The number of rotatable bonds is 4.